The number of anilines is 1. The number of hydrogen-bond donors (Lipinski definition) is 2. The number of hydrogen-bond acceptors (Lipinski definition) is 4. The lowest BCUT2D eigenvalue weighted by atomic mass is 9.79. The number of carboxylic acid groups (broad SMARTS) is 1. The zero-order valence-electron chi connectivity index (χ0n) is 11.4. The lowest BCUT2D eigenvalue weighted by Crippen LogP contribution is -2.31. The normalized spacial score (nSPS) is 21.8. The molecule has 7 heteroatoms. The molecule has 0 amide bonds. The molecule has 2 rings (SSSR count). The third-order valence-electron chi connectivity index (χ3n) is 3.94. The van der Waals surface area contributed by atoms with E-state index in [1.807, 2.05) is 0 Å². The molecule has 0 bridgehead atoms. The Morgan fingerprint density at radius 3 is 2.81 bits per heavy atom. The molecule has 0 aromatic heterocycles. The molecule has 2 N–H and O–H groups in total. The molecule has 0 heterocycles. The molecule has 0 aliphatic heterocycles. The van der Waals surface area contributed by atoms with E-state index in [-0.39, 0.29) is 17.5 Å². The number of rotatable bonds is 5. The van der Waals surface area contributed by atoms with Gasteiger partial charge in [-0.3, -0.25) is 14.9 Å². The second-order valence-electron chi connectivity index (χ2n) is 5.29. The van der Waals surface area contributed by atoms with Crippen LogP contribution in [0.25, 0.3) is 0 Å². The number of halogens is 1. The minimum Gasteiger partial charge on any atom is -0.481 e. The van der Waals surface area contributed by atoms with Crippen molar-refractivity contribution in [3.63, 3.8) is 0 Å². The van der Waals surface area contributed by atoms with Gasteiger partial charge in [0.15, 0.2) is 0 Å². The number of carbonyl (C=O) groups is 1. The molecule has 0 saturated heterocycles. The maximum absolute atomic E-state index is 11.3. The average Bonchev–Trinajstić information content (AvgIpc) is 2.45. The maximum Gasteiger partial charge on any atom is 0.306 e. The van der Waals surface area contributed by atoms with E-state index in [9.17, 15) is 20.0 Å². The summed E-state index contributed by atoms with van der Waals surface area (Å²) < 4.78 is 0.744. The molecule has 21 heavy (non-hydrogen) atoms. The van der Waals surface area contributed by atoms with Crippen molar-refractivity contribution in [2.24, 2.45) is 11.8 Å². The average molecular weight is 357 g/mol. The highest BCUT2D eigenvalue weighted by atomic mass is 79.9. The van der Waals surface area contributed by atoms with Gasteiger partial charge in [0.1, 0.15) is 5.69 Å². The van der Waals surface area contributed by atoms with Gasteiger partial charge < -0.3 is 10.4 Å². The van der Waals surface area contributed by atoms with Crippen LogP contribution >= 0.6 is 15.9 Å². The van der Waals surface area contributed by atoms with E-state index in [0.717, 1.165) is 23.7 Å². The summed E-state index contributed by atoms with van der Waals surface area (Å²) in [5.74, 6) is -1.13. The summed E-state index contributed by atoms with van der Waals surface area (Å²) in [6, 6.07) is 4.70. The third kappa shape index (κ3) is 3.93. The van der Waals surface area contributed by atoms with E-state index < -0.39 is 10.9 Å². The molecule has 2 atom stereocenters. The fourth-order valence-electron chi connectivity index (χ4n) is 2.83. The number of benzene rings is 1. The van der Waals surface area contributed by atoms with Crippen LogP contribution in [0.15, 0.2) is 22.7 Å². The van der Waals surface area contributed by atoms with Gasteiger partial charge in [-0.2, -0.15) is 0 Å². The van der Waals surface area contributed by atoms with Gasteiger partial charge >= 0.3 is 5.97 Å². The largest absolute Gasteiger partial charge is 0.481 e. The van der Waals surface area contributed by atoms with E-state index in [0.29, 0.717) is 18.7 Å². The van der Waals surface area contributed by atoms with Crippen LogP contribution in [0.5, 0.6) is 0 Å². The van der Waals surface area contributed by atoms with Gasteiger partial charge in [-0.05, 0) is 30.9 Å². The van der Waals surface area contributed by atoms with Gasteiger partial charge in [-0.1, -0.05) is 28.8 Å². The first-order valence-electron chi connectivity index (χ1n) is 6.89. The molecule has 1 aliphatic rings. The van der Waals surface area contributed by atoms with E-state index in [1.165, 1.54) is 6.07 Å². The van der Waals surface area contributed by atoms with Gasteiger partial charge in [0.05, 0.1) is 10.8 Å². The van der Waals surface area contributed by atoms with Crippen molar-refractivity contribution in [2.75, 3.05) is 11.9 Å². The number of nitro benzene ring substituents is 1. The molecule has 114 valence electrons. The van der Waals surface area contributed by atoms with Crippen molar-refractivity contribution >= 4 is 33.3 Å². The Morgan fingerprint density at radius 1 is 1.43 bits per heavy atom. The molecule has 2 unspecified atom stereocenters. The van der Waals surface area contributed by atoms with Crippen LogP contribution in [0.3, 0.4) is 0 Å². The smallest absolute Gasteiger partial charge is 0.306 e. The standard InChI is InChI=1S/C14H17BrN2O4/c15-10-5-6-13(17(20)21)12(7-10)16-8-9-3-1-2-4-11(9)14(18)19/h5-7,9,11,16H,1-4,8H2,(H,18,19). The maximum atomic E-state index is 11.3. The quantitative estimate of drug-likeness (QED) is 0.620. The molecule has 1 aliphatic carbocycles. The van der Waals surface area contributed by atoms with Crippen molar-refractivity contribution in [3.05, 3.63) is 32.8 Å². The van der Waals surface area contributed by atoms with Gasteiger partial charge in [-0.15, -0.1) is 0 Å². The Kier molecular flexibility index (Phi) is 5.17. The van der Waals surface area contributed by atoms with E-state index in [1.54, 1.807) is 12.1 Å². The van der Waals surface area contributed by atoms with Crippen LogP contribution in [0.4, 0.5) is 11.4 Å². The second kappa shape index (κ2) is 6.89. The number of nitrogens with one attached hydrogen (secondary N) is 1. The Hall–Kier alpha value is -1.63. The van der Waals surface area contributed by atoms with Crippen LogP contribution in [0, 0.1) is 22.0 Å². The summed E-state index contributed by atoms with van der Waals surface area (Å²) in [4.78, 5) is 21.8. The lowest BCUT2D eigenvalue weighted by Gasteiger charge is -2.28. The molecule has 1 aromatic rings. The monoisotopic (exact) mass is 356 g/mol. The van der Waals surface area contributed by atoms with E-state index >= 15 is 0 Å². The molecule has 1 aromatic carbocycles. The minimum absolute atomic E-state index is 0.000819. The van der Waals surface area contributed by atoms with E-state index in [4.69, 9.17) is 0 Å². The second-order valence-corrected chi connectivity index (χ2v) is 6.20. The summed E-state index contributed by atoms with van der Waals surface area (Å²) in [6.45, 7) is 0.439. The number of nitro groups is 1. The highest BCUT2D eigenvalue weighted by Gasteiger charge is 2.30. The first-order valence-corrected chi connectivity index (χ1v) is 7.69. The van der Waals surface area contributed by atoms with Gasteiger partial charge in [0.25, 0.3) is 5.69 Å². The van der Waals surface area contributed by atoms with Crippen molar-refractivity contribution in [1.29, 1.82) is 0 Å². The molecule has 6 nitrogen and oxygen atoms in total. The molecule has 1 fully saturated rings. The zero-order valence-corrected chi connectivity index (χ0v) is 13.0. The molecule has 0 spiro atoms. The first kappa shape index (κ1) is 15.8. The van der Waals surface area contributed by atoms with Gasteiger partial charge in [0, 0.05) is 17.1 Å². The fraction of sp³-hybridized carbons (Fsp3) is 0.500. The summed E-state index contributed by atoms with van der Waals surface area (Å²) in [6.07, 6.45) is 3.47. The third-order valence-corrected chi connectivity index (χ3v) is 4.43. The van der Waals surface area contributed by atoms with Crippen molar-refractivity contribution in [2.45, 2.75) is 25.7 Å². The molecule has 1 saturated carbocycles. The van der Waals surface area contributed by atoms with Crippen LogP contribution in [-0.4, -0.2) is 22.5 Å². The Morgan fingerprint density at radius 2 is 2.14 bits per heavy atom. The fourth-order valence-corrected chi connectivity index (χ4v) is 3.19. The Bertz CT molecular complexity index is 550. The van der Waals surface area contributed by atoms with Crippen LogP contribution in [-0.2, 0) is 4.79 Å². The first-order chi connectivity index (χ1) is 9.99. The zero-order chi connectivity index (χ0) is 15.4. The Labute approximate surface area is 130 Å². The lowest BCUT2D eigenvalue weighted by molar-refractivity contribution is -0.384. The summed E-state index contributed by atoms with van der Waals surface area (Å²) in [5.41, 5.74) is 0.421. The molecule has 0 radical (unpaired) electrons. The van der Waals surface area contributed by atoms with Crippen molar-refractivity contribution < 1.29 is 14.8 Å². The van der Waals surface area contributed by atoms with Crippen molar-refractivity contribution in [3.8, 4) is 0 Å². The summed E-state index contributed by atoms with van der Waals surface area (Å²) in [7, 11) is 0. The minimum atomic E-state index is -0.773. The predicted molar refractivity (Wildman–Crippen MR) is 82.4 cm³/mol. The highest BCUT2D eigenvalue weighted by Crippen LogP contribution is 2.32. The molecular formula is C14H17BrN2O4. The van der Waals surface area contributed by atoms with Crippen LogP contribution in [0.2, 0.25) is 0 Å². The number of carboxylic acids is 1. The van der Waals surface area contributed by atoms with Crippen LogP contribution in [0.1, 0.15) is 25.7 Å². The highest BCUT2D eigenvalue weighted by molar-refractivity contribution is 9.10. The molecular weight excluding hydrogens is 340 g/mol. The van der Waals surface area contributed by atoms with Gasteiger partial charge in [0.2, 0.25) is 0 Å². The number of aliphatic carboxylic acids is 1. The summed E-state index contributed by atoms with van der Waals surface area (Å²) >= 11 is 3.29. The van der Waals surface area contributed by atoms with Crippen LogP contribution < -0.4 is 5.32 Å². The predicted octanol–water partition coefficient (Wildman–Crippen LogP) is 3.66. The number of nitrogens with zero attached hydrogens (tertiary/aromatic N) is 1. The van der Waals surface area contributed by atoms with Gasteiger partial charge in [-0.25, -0.2) is 0 Å². The Balaban J connectivity index is 2.09. The van der Waals surface area contributed by atoms with Crippen molar-refractivity contribution in [1.82, 2.24) is 0 Å². The topological polar surface area (TPSA) is 92.5 Å². The summed E-state index contributed by atoms with van der Waals surface area (Å²) in [5, 5.41) is 23.3. The van der Waals surface area contributed by atoms with E-state index in [2.05, 4.69) is 21.2 Å². The SMILES string of the molecule is O=C(O)C1CCCCC1CNc1cc(Br)ccc1[N+](=O)[O-].